The Labute approximate surface area is 124 Å². The van der Waals surface area contributed by atoms with Crippen molar-refractivity contribution in [1.82, 2.24) is 0 Å². The third kappa shape index (κ3) is 3.56. The first kappa shape index (κ1) is 14.1. The molecule has 2 rings (SSSR count). The largest absolute Gasteiger partial charge is 0.323 e. The molecule has 0 fully saturated rings. The second-order valence-electron chi connectivity index (χ2n) is 4.00. The lowest BCUT2D eigenvalue weighted by Crippen LogP contribution is -2.27. The van der Waals surface area contributed by atoms with Crippen LogP contribution in [0.3, 0.4) is 0 Å². The van der Waals surface area contributed by atoms with Gasteiger partial charge in [0.05, 0.1) is 5.69 Å². The predicted molar refractivity (Wildman–Crippen MR) is 81.2 cm³/mol. The minimum Gasteiger partial charge on any atom is -0.323 e. The van der Waals surface area contributed by atoms with Crippen LogP contribution in [0.25, 0.3) is 0 Å². The Kier molecular flexibility index (Phi) is 4.58. The van der Waals surface area contributed by atoms with Gasteiger partial charge < -0.3 is 11.1 Å². The number of nitrogens with one attached hydrogen (secondary N) is 1. The van der Waals surface area contributed by atoms with Gasteiger partial charge in [-0.05, 0) is 39.7 Å². The van der Waals surface area contributed by atoms with Crippen LogP contribution < -0.4 is 11.1 Å². The van der Waals surface area contributed by atoms with Crippen molar-refractivity contribution < 1.29 is 4.79 Å². The number of anilines is 1. The molecule has 2 aromatic carbocycles. The molecule has 0 aliphatic heterocycles. The average Bonchev–Trinajstić information content (AvgIpc) is 2.43. The number of amides is 1. The molecule has 98 valence electrons. The van der Waals surface area contributed by atoms with Gasteiger partial charge in [-0.15, -0.1) is 0 Å². The molecular formula is C14H12BrClN2O. The predicted octanol–water partition coefficient (Wildman–Crippen LogP) is 3.74. The Morgan fingerprint density at radius 3 is 2.58 bits per heavy atom. The summed E-state index contributed by atoms with van der Waals surface area (Å²) in [5.41, 5.74) is 7.28. The van der Waals surface area contributed by atoms with E-state index in [-0.39, 0.29) is 5.91 Å². The van der Waals surface area contributed by atoms with E-state index in [4.69, 9.17) is 17.3 Å². The summed E-state index contributed by atoms with van der Waals surface area (Å²) < 4.78 is 0.755. The van der Waals surface area contributed by atoms with Crippen molar-refractivity contribution in [2.75, 3.05) is 5.32 Å². The zero-order chi connectivity index (χ0) is 13.8. The molecule has 0 aliphatic carbocycles. The Bertz CT molecular complexity index is 589. The van der Waals surface area contributed by atoms with E-state index < -0.39 is 6.04 Å². The summed E-state index contributed by atoms with van der Waals surface area (Å²) in [6, 6.07) is 13.7. The lowest BCUT2D eigenvalue weighted by atomic mass is 10.1. The number of halogens is 2. The van der Waals surface area contributed by atoms with Crippen LogP contribution in [-0.4, -0.2) is 5.91 Å². The van der Waals surface area contributed by atoms with E-state index in [9.17, 15) is 4.79 Å². The van der Waals surface area contributed by atoms with Crippen molar-refractivity contribution in [3.63, 3.8) is 0 Å². The van der Waals surface area contributed by atoms with E-state index in [1.165, 1.54) is 0 Å². The van der Waals surface area contributed by atoms with Gasteiger partial charge in [-0.3, -0.25) is 4.79 Å². The number of hydrogen-bond acceptors (Lipinski definition) is 2. The number of hydrogen-bond donors (Lipinski definition) is 2. The van der Waals surface area contributed by atoms with E-state index in [1.807, 2.05) is 30.3 Å². The van der Waals surface area contributed by atoms with Gasteiger partial charge in [0.1, 0.15) is 6.04 Å². The van der Waals surface area contributed by atoms with Gasteiger partial charge in [-0.25, -0.2) is 0 Å². The van der Waals surface area contributed by atoms with Gasteiger partial charge >= 0.3 is 0 Å². The van der Waals surface area contributed by atoms with Gasteiger partial charge in [-0.1, -0.05) is 41.9 Å². The smallest absolute Gasteiger partial charge is 0.245 e. The SMILES string of the molecule is N[C@H](C(=O)Nc1cc(Cl)ccc1Br)c1ccccc1. The number of carbonyl (C=O) groups excluding carboxylic acids is 1. The van der Waals surface area contributed by atoms with Crippen LogP contribution in [-0.2, 0) is 4.79 Å². The summed E-state index contributed by atoms with van der Waals surface area (Å²) in [5, 5.41) is 3.30. The van der Waals surface area contributed by atoms with Crippen LogP contribution in [0.1, 0.15) is 11.6 Å². The highest BCUT2D eigenvalue weighted by Crippen LogP contribution is 2.26. The highest BCUT2D eigenvalue weighted by Gasteiger charge is 2.16. The third-order valence-electron chi connectivity index (χ3n) is 2.63. The summed E-state index contributed by atoms with van der Waals surface area (Å²) in [4.78, 5) is 12.1. The lowest BCUT2D eigenvalue weighted by molar-refractivity contribution is -0.117. The van der Waals surface area contributed by atoms with Crippen LogP contribution >= 0.6 is 27.5 Å². The summed E-state index contributed by atoms with van der Waals surface area (Å²) in [6.07, 6.45) is 0. The van der Waals surface area contributed by atoms with Crippen LogP contribution in [0.2, 0.25) is 5.02 Å². The first-order chi connectivity index (χ1) is 9.08. The number of nitrogens with two attached hydrogens (primary N) is 1. The van der Waals surface area contributed by atoms with Gasteiger partial charge in [0.25, 0.3) is 0 Å². The van der Waals surface area contributed by atoms with E-state index in [0.29, 0.717) is 10.7 Å². The standard InChI is InChI=1S/C14H12BrClN2O/c15-11-7-6-10(16)8-12(11)18-14(19)13(17)9-4-2-1-3-5-9/h1-8,13H,17H2,(H,18,19)/t13-/m0/s1. The van der Waals surface area contributed by atoms with Gasteiger partial charge in [0.15, 0.2) is 0 Å². The minimum atomic E-state index is -0.716. The number of benzene rings is 2. The van der Waals surface area contributed by atoms with Gasteiger partial charge in [0.2, 0.25) is 5.91 Å². The van der Waals surface area contributed by atoms with Crippen molar-refractivity contribution in [1.29, 1.82) is 0 Å². The molecular weight excluding hydrogens is 328 g/mol. The average molecular weight is 340 g/mol. The Balaban J connectivity index is 2.15. The summed E-state index contributed by atoms with van der Waals surface area (Å²) in [5.74, 6) is -0.283. The van der Waals surface area contributed by atoms with Crippen molar-refractivity contribution >= 4 is 39.1 Å². The molecule has 0 unspecified atom stereocenters. The molecule has 2 aromatic rings. The maximum Gasteiger partial charge on any atom is 0.245 e. The van der Waals surface area contributed by atoms with Crippen LogP contribution in [0.15, 0.2) is 53.0 Å². The maximum atomic E-state index is 12.1. The zero-order valence-corrected chi connectivity index (χ0v) is 12.3. The maximum absolute atomic E-state index is 12.1. The fraction of sp³-hybridized carbons (Fsp3) is 0.0714. The fourth-order valence-corrected chi connectivity index (χ4v) is 2.13. The molecule has 0 aromatic heterocycles. The first-order valence-electron chi connectivity index (χ1n) is 5.64. The molecule has 1 atom stereocenters. The highest BCUT2D eigenvalue weighted by molar-refractivity contribution is 9.10. The molecule has 0 radical (unpaired) electrons. The normalized spacial score (nSPS) is 11.9. The molecule has 0 bridgehead atoms. The molecule has 19 heavy (non-hydrogen) atoms. The number of rotatable bonds is 3. The quantitative estimate of drug-likeness (QED) is 0.895. The van der Waals surface area contributed by atoms with E-state index in [0.717, 1.165) is 10.0 Å². The number of carbonyl (C=O) groups is 1. The zero-order valence-electron chi connectivity index (χ0n) is 9.94. The van der Waals surface area contributed by atoms with Crippen molar-refractivity contribution in [3.8, 4) is 0 Å². The Morgan fingerprint density at radius 2 is 1.89 bits per heavy atom. The summed E-state index contributed by atoms with van der Waals surface area (Å²) >= 11 is 9.24. The topological polar surface area (TPSA) is 55.1 Å². The molecule has 0 aliphatic rings. The molecule has 0 spiro atoms. The molecule has 5 heteroatoms. The van der Waals surface area contributed by atoms with Crippen molar-refractivity contribution in [3.05, 3.63) is 63.6 Å². The minimum absolute atomic E-state index is 0.283. The Morgan fingerprint density at radius 1 is 1.21 bits per heavy atom. The second kappa shape index (κ2) is 6.19. The van der Waals surface area contributed by atoms with Crippen LogP contribution in [0.4, 0.5) is 5.69 Å². The lowest BCUT2D eigenvalue weighted by Gasteiger charge is -2.13. The summed E-state index contributed by atoms with van der Waals surface area (Å²) in [6.45, 7) is 0. The first-order valence-corrected chi connectivity index (χ1v) is 6.81. The molecule has 0 saturated carbocycles. The molecule has 0 saturated heterocycles. The van der Waals surface area contributed by atoms with Crippen molar-refractivity contribution in [2.45, 2.75) is 6.04 Å². The van der Waals surface area contributed by atoms with Gasteiger partial charge in [0, 0.05) is 9.50 Å². The molecule has 3 nitrogen and oxygen atoms in total. The monoisotopic (exact) mass is 338 g/mol. The van der Waals surface area contributed by atoms with E-state index in [1.54, 1.807) is 18.2 Å². The Hall–Kier alpha value is -1.36. The fourth-order valence-electron chi connectivity index (χ4n) is 1.62. The summed E-state index contributed by atoms with van der Waals surface area (Å²) in [7, 11) is 0. The third-order valence-corrected chi connectivity index (χ3v) is 3.55. The van der Waals surface area contributed by atoms with Crippen molar-refractivity contribution in [2.24, 2.45) is 5.73 Å². The second-order valence-corrected chi connectivity index (χ2v) is 5.29. The molecule has 1 amide bonds. The molecule has 3 N–H and O–H groups in total. The highest BCUT2D eigenvalue weighted by atomic mass is 79.9. The van der Waals surface area contributed by atoms with Crippen LogP contribution in [0.5, 0.6) is 0 Å². The van der Waals surface area contributed by atoms with Gasteiger partial charge in [-0.2, -0.15) is 0 Å². The van der Waals surface area contributed by atoms with E-state index in [2.05, 4.69) is 21.2 Å². The van der Waals surface area contributed by atoms with E-state index >= 15 is 0 Å². The van der Waals surface area contributed by atoms with Crippen LogP contribution in [0, 0.1) is 0 Å². The molecule has 0 heterocycles.